The van der Waals surface area contributed by atoms with Gasteiger partial charge in [0, 0.05) is 6.92 Å². The molecule has 6 heteroatoms. The number of carbonyl (C=O) groups excluding carboxylic acids is 2. The van der Waals surface area contributed by atoms with Crippen molar-refractivity contribution in [3.05, 3.63) is 17.8 Å². The smallest absolute Gasteiger partial charge is 0.356 e. The normalized spacial score (nSPS) is 9.47. The van der Waals surface area contributed by atoms with Gasteiger partial charge in [-0.2, -0.15) is 0 Å². The summed E-state index contributed by atoms with van der Waals surface area (Å²) in [6.07, 6.45) is 0. The van der Waals surface area contributed by atoms with Crippen molar-refractivity contribution in [3.8, 4) is 0 Å². The Morgan fingerprint density at radius 1 is 1.47 bits per heavy atom. The third-order valence-electron chi connectivity index (χ3n) is 1.63. The third-order valence-corrected chi connectivity index (χ3v) is 1.63. The van der Waals surface area contributed by atoms with Crippen LogP contribution in [-0.4, -0.2) is 24.0 Å². The van der Waals surface area contributed by atoms with Crippen molar-refractivity contribution in [2.45, 2.75) is 6.92 Å². The molecule has 6 nitrogen and oxygen atoms in total. The summed E-state index contributed by atoms with van der Waals surface area (Å²) in [4.78, 5) is 25.6. The van der Waals surface area contributed by atoms with Crippen LogP contribution in [0.25, 0.3) is 0 Å². The van der Waals surface area contributed by atoms with E-state index in [9.17, 15) is 9.59 Å². The Morgan fingerprint density at radius 3 is 2.60 bits per heavy atom. The summed E-state index contributed by atoms with van der Waals surface area (Å²) in [6, 6.07) is 2.92. The molecule has 1 amide bonds. The SMILES string of the molecule is COC(=O)c1ccc(NC(C)=O)c(N)n1. The molecule has 1 aromatic heterocycles. The van der Waals surface area contributed by atoms with E-state index in [1.807, 2.05) is 0 Å². The lowest BCUT2D eigenvalue weighted by Gasteiger charge is -2.06. The van der Waals surface area contributed by atoms with Crippen LogP contribution in [0.15, 0.2) is 12.1 Å². The molecule has 0 saturated heterocycles. The molecule has 15 heavy (non-hydrogen) atoms. The fourth-order valence-electron chi connectivity index (χ4n) is 0.989. The van der Waals surface area contributed by atoms with Crippen LogP contribution >= 0.6 is 0 Å². The van der Waals surface area contributed by atoms with Crippen LogP contribution in [0.2, 0.25) is 0 Å². The minimum atomic E-state index is -0.573. The Labute approximate surface area is 86.4 Å². The first kappa shape index (κ1) is 11.0. The van der Waals surface area contributed by atoms with Crippen LogP contribution in [0, 0.1) is 0 Å². The van der Waals surface area contributed by atoms with Gasteiger partial charge >= 0.3 is 5.97 Å². The summed E-state index contributed by atoms with van der Waals surface area (Å²) in [6.45, 7) is 1.35. The molecule has 0 unspecified atom stereocenters. The highest BCUT2D eigenvalue weighted by molar-refractivity contribution is 5.93. The van der Waals surface area contributed by atoms with E-state index in [1.165, 1.54) is 26.2 Å². The number of methoxy groups -OCH3 is 1. The Balaban J connectivity index is 2.97. The zero-order chi connectivity index (χ0) is 11.4. The van der Waals surface area contributed by atoms with Gasteiger partial charge in [-0.1, -0.05) is 0 Å². The molecule has 0 fully saturated rings. The quantitative estimate of drug-likeness (QED) is 0.688. The summed E-state index contributed by atoms with van der Waals surface area (Å²) in [7, 11) is 1.25. The van der Waals surface area contributed by atoms with Gasteiger partial charge in [0.1, 0.15) is 5.82 Å². The first-order valence-electron chi connectivity index (χ1n) is 4.17. The van der Waals surface area contributed by atoms with Gasteiger partial charge < -0.3 is 15.8 Å². The van der Waals surface area contributed by atoms with Gasteiger partial charge in [-0.15, -0.1) is 0 Å². The first-order chi connectivity index (χ1) is 7.04. The molecule has 0 aliphatic rings. The minimum absolute atomic E-state index is 0.0769. The van der Waals surface area contributed by atoms with Gasteiger partial charge in [0.05, 0.1) is 12.8 Å². The van der Waals surface area contributed by atoms with E-state index in [2.05, 4.69) is 15.0 Å². The molecule has 0 radical (unpaired) electrons. The topological polar surface area (TPSA) is 94.3 Å². The second-order valence-electron chi connectivity index (χ2n) is 2.80. The van der Waals surface area contributed by atoms with Crippen LogP contribution in [0.5, 0.6) is 0 Å². The Kier molecular flexibility index (Phi) is 3.22. The summed E-state index contributed by atoms with van der Waals surface area (Å²) < 4.78 is 4.47. The second kappa shape index (κ2) is 4.41. The molecule has 3 N–H and O–H groups in total. The van der Waals surface area contributed by atoms with E-state index in [-0.39, 0.29) is 17.4 Å². The molecular weight excluding hydrogens is 198 g/mol. The molecule has 0 aliphatic heterocycles. The summed E-state index contributed by atoms with van der Waals surface area (Å²) in [5, 5.41) is 2.48. The predicted molar refractivity (Wildman–Crippen MR) is 54.3 cm³/mol. The third kappa shape index (κ3) is 2.67. The molecule has 0 aromatic carbocycles. The second-order valence-corrected chi connectivity index (χ2v) is 2.80. The largest absolute Gasteiger partial charge is 0.464 e. The number of pyridine rings is 1. The van der Waals surface area contributed by atoms with Gasteiger partial charge in [-0.05, 0) is 12.1 Å². The number of nitrogens with one attached hydrogen (secondary N) is 1. The van der Waals surface area contributed by atoms with Crippen molar-refractivity contribution >= 4 is 23.4 Å². The lowest BCUT2D eigenvalue weighted by atomic mass is 10.3. The van der Waals surface area contributed by atoms with Crippen LogP contribution in [0.3, 0.4) is 0 Å². The molecule has 0 saturated carbocycles. The van der Waals surface area contributed by atoms with E-state index in [1.54, 1.807) is 0 Å². The number of nitrogens with zero attached hydrogens (tertiary/aromatic N) is 1. The van der Waals surface area contributed by atoms with Crippen molar-refractivity contribution in [2.75, 3.05) is 18.2 Å². The Bertz CT molecular complexity index is 404. The lowest BCUT2D eigenvalue weighted by Crippen LogP contribution is -2.11. The average Bonchev–Trinajstić information content (AvgIpc) is 2.19. The van der Waals surface area contributed by atoms with Crippen LogP contribution < -0.4 is 11.1 Å². The molecule has 0 spiro atoms. The van der Waals surface area contributed by atoms with E-state index in [4.69, 9.17) is 5.73 Å². The van der Waals surface area contributed by atoms with Crippen molar-refractivity contribution < 1.29 is 14.3 Å². The average molecular weight is 209 g/mol. The number of hydrogen-bond acceptors (Lipinski definition) is 5. The molecule has 0 aliphatic carbocycles. The highest BCUT2D eigenvalue weighted by atomic mass is 16.5. The molecular formula is C9H11N3O3. The number of nitrogen functional groups attached to an aromatic ring is 1. The first-order valence-corrected chi connectivity index (χ1v) is 4.17. The maximum Gasteiger partial charge on any atom is 0.356 e. The van der Waals surface area contributed by atoms with Gasteiger partial charge in [0.25, 0.3) is 0 Å². The van der Waals surface area contributed by atoms with Gasteiger partial charge in [0.2, 0.25) is 5.91 Å². The maximum atomic E-state index is 11.1. The standard InChI is InChI=1S/C9H11N3O3/c1-5(13)11-6-3-4-7(9(14)15-2)12-8(6)10/h3-4H,1-2H3,(H2,10,12)(H,11,13). The Morgan fingerprint density at radius 2 is 2.13 bits per heavy atom. The zero-order valence-corrected chi connectivity index (χ0v) is 8.40. The number of aromatic nitrogens is 1. The number of esters is 1. The summed E-state index contributed by atoms with van der Waals surface area (Å²) in [5.74, 6) is -0.751. The highest BCUT2D eigenvalue weighted by Crippen LogP contribution is 2.16. The van der Waals surface area contributed by atoms with Gasteiger partial charge in [0.15, 0.2) is 5.69 Å². The monoisotopic (exact) mass is 209 g/mol. The lowest BCUT2D eigenvalue weighted by molar-refractivity contribution is -0.114. The summed E-state index contributed by atoms with van der Waals surface area (Å²) >= 11 is 0. The van der Waals surface area contributed by atoms with Crippen molar-refractivity contribution in [3.63, 3.8) is 0 Å². The molecule has 1 rings (SSSR count). The molecule has 1 heterocycles. The van der Waals surface area contributed by atoms with E-state index in [0.29, 0.717) is 5.69 Å². The fourth-order valence-corrected chi connectivity index (χ4v) is 0.989. The number of rotatable bonds is 2. The van der Waals surface area contributed by atoms with Crippen molar-refractivity contribution in [2.24, 2.45) is 0 Å². The molecule has 0 atom stereocenters. The van der Waals surface area contributed by atoms with Crippen LogP contribution in [0.1, 0.15) is 17.4 Å². The van der Waals surface area contributed by atoms with Crippen molar-refractivity contribution in [1.29, 1.82) is 0 Å². The van der Waals surface area contributed by atoms with Crippen LogP contribution in [0.4, 0.5) is 11.5 Å². The van der Waals surface area contributed by atoms with Crippen molar-refractivity contribution in [1.82, 2.24) is 4.98 Å². The predicted octanol–water partition coefficient (Wildman–Crippen LogP) is 0.409. The minimum Gasteiger partial charge on any atom is -0.464 e. The maximum absolute atomic E-state index is 11.1. The molecule has 0 bridgehead atoms. The molecule has 80 valence electrons. The summed E-state index contributed by atoms with van der Waals surface area (Å²) in [5.41, 5.74) is 6.00. The Hall–Kier alpha value is -2.11. The highest BCUT2D eigenvalue weighted by Gasteiger charge is 2.10. The fraction of sp³-hybridized carbons (Fsp3) is 0.222. The number of carbonyl (C=O) groups is 2. The van der Waals surface area contributed by atoms with Crippen LogP contribution in [-0.2, 0) is 9.53 Å². The van der Waals surface area contributed by atoms with Gasteiger partial charge in [-0.3, -0.25) is 4.79 Å². The van der Waals surface area contributed by atoms with Gasteiger partial charge in [-0.25, -0.2) is 9.78 Å². The number of nitrogens with two attached hydrogens (primary N) is 1. The number of ether oxygens (including phenoxy) is 1. The zero-order valence-electron chi connectivity index (χ0n) is 8.40. The van der Waals surface area contributed by atoms with E-state index in [0.717, 1.165) is 0 Å². The van der Waals surface area contributed by atoms with E-state index >= 15 is 0 Å². The van der Waals surface area contributed by atoms with E-state index < -0.39 is 5.97 Å². The number of amides is 1. The number of hydrogen-bond donors (Lipinski definition) is 2. The molecule has 1 aromatic rings. The number of anilines is 2.